The number of nitrogens with two attached hydrogens (primary N) is 1. The van der Waals surface area contributed by atoms with E-state index < -0.39 is 0 Å². The van der Waals surface area contributed by atoms with Crippen LogP contribution in [0.4, 0.5) is 0 Å². The summed E-state index contributed by atoms with van der Waals surface area (Å²) in [6.07, 6.45) is 7.87. The zero-order chi connectivity index (χ0) is 13.9. The fourth-order valence-electron chi connectivity index (χ4n) is 1.71. The molecule has 4 heteroatoms. The zero-order valence-electron chi connectivity index (χ0n) is 11.5. The van der Waals surface area contributed by atoms with E-state index in [-0.39, 0.29) is 17.3 Å². The van der Waals surface area contributed by atoms with Gasteiger partial charge in [-0.3, -0.25) is 0 Å². The van der Waals surface area contributed by atoms with Crippen molar-refractivity contribution < 1.29 is 4.74 Å². The fraction of sp³-hybridized carbons (Fsp3) is 0.571. The van der Waals surface area contributed by atoms with Crippen LogP contribution in [0.3, 0.4) is 0 Å². The SMILES string of the molecule is CC(C)C.CC12C=CC(Cl)=CC1C=C(C(N)P)O2. The van der Waals surface area contributed by atoms with Crippen molar-refractivity contribution in [2.45, 2.75) is 39.1 Å². The Kier molecular flexibility index (Phi) is 5.46. The summed E-state index contributed by atoms with van der Waals surface area (Å²) in [6.45, 7) is 8.53. The van der Waals surface area contributed by atoms with Gasteiger partial charge in [-0.1, -0.05) is 38.4 Å². The van der Waals surface area contributed by atoms with Crippen molar-refractivity contribution in [2.24, 2.45) is 17.6 Å². The molecule has 4 atom stereocenters. The molecule has 1 aliphatic carbocycles. The van der Waals surface area contributed by atoms with Gasteiger partial charge in [0, 0.05) is 11.0 Å². The third kappa shape index (κ3) is 4.12. The second kappa shape index (κ2) is 6.23. The number of halogens is 1. The lowest BCUT2D eigenvalue weighted by molar-refractivity contribution is 0.0637. The minimum Gasteiger partial charge on any atom is -0.485 e. The van der Waals surface area contributed by atoms with Gasteiger partial charge in [0.15, 0.2) is 0 Å². The Morgan fingerprint density at radius 1 is 1.39 bits per heavy atom. The van der Waals surface area contributed by atoms with Crippen LogP contribution in [0.1, 0.15) is 27.7 Å². The first-order valence-corrected chi connectivity index (χ1v) is 7.27. The molecular formula is C14H23ClNOP. The lowest BCUT2D eigenvalue weighted by Crippen LogP contribution is -2.31. The van der Waals surface area contributed by atoms with Gasteiger partial charge in [0.05, 0.1) is 5.78 Å². The fourth-order valence-corrected chi connectivity index (χ4v) is 2.09. The Balaban J connectivity index is 0.000000357. The normalized spacial score (nSPS) is 30.8. The summed E-state index contributed by atoms with van der Waals surface area (Å²) in [5.41, 5.74) is 5.43. The van der Waals surface area contributed by atoms with Gasteiger partial charge in [-0.2, -0.15) is 0 Å². The summed E-state index contributed by atoms with van der Waals surface area (Å²) in [7, 11) is 2.52. The Labute approximate surface area is 117 Å². The van der Waals surface area contributed by atoms with E-state index in [0.29, 0.717) is 0 Å². The third-order valence-corrected chi connectivity index (χ3v) is 3.16. The molecule has 0 radical (unpaired) electrons. The molecule has 18 heavy (non-hydrogen) atoms. The standard InChI is InChI=1S/C10H13ClNOP.C4H10/c1-10-3-2-7(11)4-6(10)5-8(13-10)9(12)14;1-4(2)3/h2-6,9H,12,14H2,1H3;4H,1-3H3. The molecule has 0 saturated carbocycles. The molecule has 0 saturated heterocycles. The highest BCUT2D eigenvalue weighted by Gasteiger charge is 2.40. The van der Waals surface area contributed by atoms with Crippen molar-refractivity contribution in [3.63, 3.8) is 0 Å². The number of rotatable bonds is 1. The summed E-state index contributed by atoms with van der Waals surface area (Å²) in [4.78, 5) is 0. The smallest absolute Gasteiger partial charge is 0.134 e. The van der Waals surface area contributed by atoms with Gasteiger partial charge in [-0.15, -0.1) is 9.24 Å². The number of fused-ring (bicyclic) bond motifs is 1. The van der Waals surface area contributed by atoms with Crippen molar-refractivity contribution in [1.82, 2.24) is 0 Å². The molecule has 1 aliphatic heterocycles. The van der Waals surface area contributed by atoms with E-state index in [1.165, 1.54) is 0 Å². The Morgan fingerprint density at radius 3 is 2.44 bits per heavy atom. The summed E-state index contributed by atoms with van der Waals surface area (Å²) < 4.78 is 5.79. The van der Waals surface area contributed by atoms with E-state index in [0.717, 1.165) is 16.7 Å². The lowest BCUT2D eigenvalue weighted by atomic mass is 9.87. The van der Waals surface area contributed by atoms with Gasteiger partial charge >= 0.3 is 0 Å². The van der Waals surface area contributed by atoms with Gasteiger partial charge in [-0.05, 0) is 31.1 Å². The molecule has 0 aromatic heterocycles. The predicted molar refractivity (Wildman–Crippen MR) is 82.3 cm³/mol. The van der Waals surface area contributed by atoms with Crippen LogP contribution in [0, 0.1) is 11.8 Å². The molecule has 0 bridgehead atoms. The highest BCUT2D eigenvalue weighted by Crippen LogP contribution is 2.41. The molecule has 0 spiro atoms. The average molecular weight is 288 g/mol. The second-order valence-corrected chi connectivity index (χ2v) is 6.68. The monoisotopic (exact) mass is 287 g/mol. The van der Waals surface area contributed by atoms with Crippen LogP contribution in [0.2, 0.25) is 0 Å². The summed E-state index contributed by atoms with van der Waals surface area (Å²) in [5.74, 6) is 1.70. The zero-order valence-corrected chi connectivity index (χ0v) is 13.4. The Morgan fingerprint density at radius 2 is 1.94 bits per heavy atom. The maximum absolute atomic E-state index is 5.93. The highest BCUT2D eigenvalue weighted by atomic mass is 35.5. The van der Waals surface area contributed by atoms with E-state index in [2.05, 4.69) is 30.0 Å². The van der Waals surface area contributed by atoms with Crippen molar-refractivity contribution in [3.8, 4) is 0 Å². The largest absolute Gasteiger partial charge is 0.485 e. The molecule has 4 unspecified atom stereocenters. The maximum atomic E-state index is 5.93. The van der Waals surface area contributed by atoms with E-state index in [4.69, 9.17) is 22.1 Å². The second-order valence-electron chi connectivity index (χ2n) is 5.52. The minimum absolute atomic E-state index is 0.141. The van der Waals surface area contributed by atoms with E-state index in [9.17, 15) is 0 Å². The topological polar surface area (TPSA) is 35.2 Å². The average Bonchev–Trinajstić information content (AvgIpc) is 2.55. The van der Waals surface area contributed by atoms with Crippen LogP contribution < -0.4 is 5.73 Å². The molecule has 2 N–H and O–H groups in total. The van der Waals surface area contributed by atoms with Crippen molar-refractivity contribution in [3.05, 3.63) is 35.1 Å². The molecule has 0 amide bonds. The first kappa shape index (κ1) is 15.8. The summed E-state index contributed by atoms with van der Waals surface area (Å²) in [6, 6.07) is 0. The van der Waals surface area contributed by atoms with Crippen LogP contribution in [0.25, 0.3) is 0 Å². The lowest BCUT2D eigenvalue weighted by Gasteiger charge is -2.29. The van der Waals surface area contributed by atoms with Gasteiger partial charge in [0.2, 0.25) is 0 Å². The molecular weight excluding hydrogens is 265 g/mol. The number of hydrogen-bond acceptors (Lipinski definition) is 2. The molecule has 102 valence electrons. The number of allylic oxidation sites excluding steroid dienone is 2. The van der Waals surface area contributed by atoms with Gasteiger partial charge in [0.1, 0.15) is 11.4 Å². The van der Waals surface area contributed by atoms with Gasteiger partial charge in [0.25, 0.3) is 0 Å². The van der Waals surface area contributed by atoms with Gasteiger partial charge < -0.3 is 10.5 Å². The molecule has 1 heterocycles. The highest BCUT2D eigenvalue weighted by molar-refractivity contribution is 7.17. The number of ether oxygens (including phenoxy) is 1. The minimum atomic E-state index is -0.304. The quantitative estimate of drug-likeness (QED) is 0.745. The van der Waals surface area contributed by atoms with Crippen molar-refractivity contribution in [1.29, 1.82) is 0 Å². The van der Waals surface area contributed by atoms with Crippen LogP contribution in [-0.4, -0.2) is 11.4 Å². The maximum Gasteiger partial charge on any atom is 0.134 e. The van der Waals surface area contributed by atoms with Crippen LogP contribution in [-0.2, 0) is 4.74 Å². The van der Waals surface area contributed by atoms with Crippen LogP contribution in [0.5, 0.6) is 0 Å². The molecule has 2 nitrogen and oxygen atoms in total. The van der Waals surface area contributed by atoms with Crippen LogP contribution >= 0.6 is 20.8 Å². The van der Waals surface area contributed by atoms with Crippen molar-refractivity contribution >= 4 is 20.8 Å². The van der Waals surface area contributed by atoms with Crippen LogP contribution in [0.15, 0.2) is 35.1 Å². The molecule has 2 aliphatic rings. The Hall–Kier alpha value is -0.300. The first-order chi connectivity index (χ1) is 8.24. The molecule has 0 aromatic carbocycles. The molecule has 0 aromatic rings. The predicted octanol–water partition coefficient (Wildman–Crippen LogP) is 3.79. The van der Waals surface area contributed by atoms with Gasteiger partial charge in [-0.25, -0.2) is 0 Å². The van der Waals surface area contributed by atoms with E-state index >= 15 is 0 Å². The molecule has 0 fully saturated rings. The Bertz CT molecular complexity index is 385. The van der Waals surface area contributed by atoms with Crippen molar-refractivity contribution in [2.75, 3.05) is 0 Å². The van der Waals surface area contributed by atoms with E-state index in [1.54, 1.807) is 0 Å². The molecule has 2 rings (SSSR count). The number of hydrogen-bond donors (Lipinski definition) is 1. The summed E-state index contributed by atoms with van der Waals surface area (Å²) in [5, 5.41) is 0.755. The first-order valence-electron chi connectivity index (χ1n) is 6.23. The summed E-state index contributed by atoms with van der Waals surface area (Å²) >= 11 is 5.93. The van der Waals surface area contributed by atoms with E-state index in [1.807, 2.05) is 31.2 Å². The third-order valence-electron chi connectivity index (χ3n) is 2.58.